The van der Waals surface area contributed by atoms with Gasteiger partial charge >= 0.3 is 0 Å². The van der Waals surface area contributed by atoms with Gasteiger partial charge in [-0.05, 0) is 58.8 Å². The molecule has 0 amide bonds. The zero-order chi connectivity index (χ0) is 28.3. The molecule has 0 fully saturated rings. The van der Waals surface area contributed by atoms with Crippen LogP contribution in [0.15, 0.2) is 164 Å². The highest BCUT2D eigenvalue weighted by atomic mass is 32.2. The number of hydrogen-bond acceptors (Lipinski definition) is 4. The van der Waals surface area contributed by atoms with E-state index in [0.29, 0.717) is 0 Å². The zero-order valence-electron chi connectivity index (χ0n) is 23.1. The van der Waals surface area contributed by atoms with Crippen molar-refractivity contribution in [3.63, 3.8) is 0 Å². The van der Waals surface area contributed by atoms with Crippen molar-refractivity contribution in [2.24, 2.45) is 4.99 Å². The Balaban J connectivity index is 1.35. The third-order valence-corrected chi connectivity index (χ3v) is 10.9. The Labute approximate surface area is 258 Å². The van der Waals surface area contributed by atoms with Gasteiger partial charge in [0.05, 0.1) is 17.1 Å². The van der Waals surface area contributed by atoms with Gasteiger partial charge in [-0.25, -0.2) is 4.99 Å². The van der Waals surface area contributed by atoms with Gasteiger partial charge in [0.15, 0.2) is 0 Å². The predicted octanol–water partition coefficient (Wildman–Crippen LogP) is 10.2. The summed E-state index contributed by atoms with van der Waals surface area (Å²) in [7, 11) is 0. The quantitative estimate of drug-likeness (QED) is 0.223. The Bertz CT molecular complexity index is 2270. The molecular formula is C38H25N3S2. The molecular weight excluding hydrogens is 563 g/mol. The van der Waals surface area contributed by atoms with Crippen LogP contribution < -0.4 is 5.32 Å². The fraction of sp³-hybridized carbons (Fsp3) is 0.0263. The first kappa shape index (κ1) is 24.8. The van der Waals surface area contributed by atoms with Crippen LogP contribution in [-0.2, 0) is 0 Å². The Kier molecular flexibility index (Phi) is 5.74. The van der Waals surface area contributed by atoms with Crippen molar-refractivity contribution in [3.8, 4) is 0 Å². The second-order valence-corrected chi connectivity index (χ2v) is 13.0. The minimum atomic E-state index is -0.0219. The smallest absolute Gasteiger partial charge is 0.138 e. The third kappa shape index (κ3) is 4.11. The van der Waals surface area contributed by atoms with E-state index >= 15 is 0 Å². The molecule has 2 aliphatic rings. The fourth-order valence-corrected chi connectivity index (χ4v) is 8.65. The Morgan fingerprint density at radius 2 is 1.28 bits per heavy atom. The van der Waals surface area contributed by atoms with E-state index in [1.807, 2.05) is 29.6 Å². The summed E-state index contributed by atoms with van der Waals surface area (Å²) in [6, 6.07) is 47.7. The van der Waals surface area contributed by atoms with Crippen LogP contribution >= 0.6 is 23.5 Å². The minimum Gasteiger partial charge on any atom is -0.359 e. The molecule has 0 saturated carbocycles. The molecule has 0 spiro atoms. The average Bonchev–Trinajstić information content (AvgIpc) is 3.40. The van der Waals surface area contributed by atoms with Crippen LogP contribution in [0.4, 0.5) is 0 Å². The maximum absolute atomic E-state index is 5.32. The molecule has 0 radical (unpaired) electrons. The van der Waals surface area contributed by atoms with E-state index in [4.69, 9.17) is 4.99 Å². The van der Waals surface area contributed by atoms with Gasteiger partial charge in [0.25, 0.3) is 0 Å². The lowest BCUT2D eigenvalue weighted by Crippen LogP contribution is -2.31. The average molecular weight is 588 g/mol. The van der Waals surface area contributed by atoms with Crippen LogP contribution in [0.3, 0.4) is 0 Å². The Morgan fingerprint density at radius 1 is 0.605 bits per heavy atom. The van der Waals surface area contributed by atoms with Crippen molar-refractivity contribution in [2.45, 2.75) is 25.6 Å². The van der Waals surface area contributed by atoms with Crippen LogP contribution in [0.25, 0.3) is 38.4 Å². The number of nitrogens with zero attached hydrogens (tertiary/aromatic N) is 2. The Hall–Kier alpha value is -4.71. The molecule has 1 unspecified atom stereocenters. The third-order valence-electron chi connectivity index (χ3n) is 8.27. The number of aliphatic imine (C=N–C) groups is 1. The number of nitrogens with one attached hydrogen (secondary N) is 1. The number of rotatable bonds is 3. The normalized spacial score (nSPS) is 16.0. The van der Waals surface area contributed by atoms with Gasteiger partial charge in [-0.2, -0.15) is 0 Å². The molecule has 3 heterocycles. The first-order chi connectivity index (χ1) is 21.3. The summed E-state index contributed by atoms with van der Waals surface area (Å²) in [5.41, 5.74) is 4.62. The highest BCUT2D eigenvalue weighted by Crippen LogP contribution is 2.53. The van der Waals surface area contributed by atoms with Crippen LogP contribution in [0.2, 0.25) is 0 Å². The maximum Gasteiger partial charge on any atom is 0.138 e. The van der Waals surface area contributed by atoms with E-state index in [1.165, 1.54) is 57.7 Å². The zero-order valence-corrected chi connectivity index (χ0v) is 24.7. The van der Waals surface area contributed by atoms with Gasteiger partial charge in [0, 0.05) is 35.9 Å². The van der Waals surface area contributed by atoms with E-state index in [9.17, 15) is 0 Å². The first-order valence-electron chi connectivity index (χ1n) is 14.4. The minimum absolute atomic E-state index is 0.0219. The molecule has 0 saturated heterocycles. The highest BCUT2D eigenvalue weighted by molar-refractivity contribution is 8.05. The molecule has 43 heavy (non-hydrogen) atoms. The van der Waals surface area contributed by atoms with E-state index in [2.05, 4.69) is 143 Å². The number of benzene rings is 6. The highest BCUT2D eigenvalue weighted by Gasteiger charge is 2.26. The predicted molar refractivity (Wildman–Crippen MR) is 181 cm³/mol. The van der Waals surface area contributed by atoms with Crippen molar-refractivity contribution in [2.75, 3.05) is 0 Å². The van der Waals surface area contributed by atoms with Crippen LogP contribution in [0.1, 0.15) is 17.2 Å². The summed E-state index contributed by atoms with van der Waals surface area (Å²) < 4.78 is 2.38. The summed E-state index contributed by atoms with van der Waals surface area (Å²) in [6.45, 7) is 0. The largest absolute Gasteiger partial charge is 0.359 e. The van der Waals surface area contributed by atoms with Gasteiger partial charge in [-0.3, -0.25) is 4.57 Å². The second kappa shape index (κ2) is 9.94. The fourth-order valence-electron chi connectivity index (χ4n) is 6.25. The lowest BCUT2D eigenvalue weighted by molar-refractivity contribution is 0.773. The lowest BCUT2D eigenvalue weighted by Gasteiger charge is -2.25. The summed E-state index contributed by atoms with van der Waals surface area (Å²) in [4.78, 5) is 10.6. The molecule has 2 aliphatic heterocycles. The molecule has 6 aromatic carbocycles. The molecule has 1 atom stereocenters. The monoisotopic (exact) mass is 587 g/mol. The van der Waals surface area contributed by atoms with Crippen LogP contribution in [-0.4, -0.2) is 10.4 Å². The summed E-state index contributed by atoms with van der Waals surface area (Å²) in [5.74, 6) is 1.80. The van der Waals surface area contributed by atoms with Gasteiger partial charge in [0.1, 0.15) is 11.7 Å². The van der Waals surface area contributed by atoms with Crippen LogP contribution in [0.5, 0.6) is 0 Å². The van der Waals surface area contributed by atoms with Crippen molar-refractivity contribution in [3.05, 3.63) is 151 Å². The summed E-state index contributed by atoms with van der Waals surface area (Å²) in [6.07, 6.45) is 2.27. The van der Waals surface area contributed by atoms with Gasteiger partial charge in [-0.15, -0.1) is 0 Å². The SMILES string of the molecule is C1=C(n2c3cc4ccccc4cc3c3c4c(ccc32)Sc2ccccc2S4)N=C(c2ccccc2)NC1c1ccccc1. The second-order valence-electron chi connectivity index (χ2n) is 10.9. The van der Waals surface area contributed by atoms with Crippen molar-refractivity contribution in [1.82, 2.24) is 9.88 Å². The number of aromatic nitrogens is 1. The molecule has 0 bridgehead atoms. The number of fused-ring (bicyclic) bond motifs is 7. The summed E-state index contributed by atoms with van der Waals surface area (Å²) >= 11 is 3.75. The number of hydrogen-bond donors (Lipinski definition) is 1. The van der Waals surface area contributed by atoms with Gasteiger partial charge in [0.2, 0.25) is 0 Å². The van der Waals surface area contributed by atoms with Gasteiger partial charge < -0.3 is 5.32 Å². The van der Waals surface area contributed by atoms with E-state index in [1.54, 1.807) is 0 Å². The van der Waals surface area contributed by atoms with Crippen molar-refractivity contribution in [1.29, 1.82) is 0 Å². The molecule has 1 aromatic heterocycles. The molecule has 204 valence electrons. The molecule has 7 aromatic rings. The Morgan fingerprint density at radius 3 is 2.07 bits per heavy atom. The molecule has 3 nitrogen and oxygen atoms in total. The van der Waals surface area contributed by atoms with E-state index < -0.39 is 0 Å². The van der Waals surface area contributed by atoms with Crippen molar-refractivity contribution < 1.29 is 0 Å². The van der Waals surface area contributed by atoms with E-state index in [0.717, 1.165) is 17.2 Å². The molecule has 0 aliphatic carbocycles. The van der Waals surface area contributed by atoms with E-state index in [-0.39, 0.29) is 6.04 Å². The van der Waals surface area contributed by atoms with Crippen molar-refractivity contribution >= 4 is 67.8 Å². The summed E-state index contributed by atoms with van der Waals surface area (Å²) in [5, 5.41) is 8.73. The lowest BCUT2D eigenvalue weighted by atomic mass is 10.0. The molecule has 5 heteroatoms. The molecule has 9 rings (SSSR count). The van der Waals surface area contributed by atoms with Gasteiger partial charge in [-0.1, -0.05) is 121 Å². The topological polar surface area (TPSA) is 29.3 Å². The number of amidine groups is 1. The van der Waals surface area contributed by atoms with Crippen LogP contribution in [0, 0.1) is 0 Å². The first-order valence-corrected chi connectivity index (χ1v) is 16.1. The maximum atomic E-state index is 5.32. The standard InChI is InChI=1S/C38H25N3S2/c1-3-11-24(12-4-1)29-23-35(40-38(39-29)25-13-5-2-6-14-25)41-30-19-20-34-37(43-33-18-10-9-17-32(33)42-34)36(30)28-21-26-15-7-8-16-27(26)22-31(28)41/h1-23,29H,(H,39,40). The molecule has 1 N–H and O–H groups in total.